The normalized spacial score (nSPS) is 12.5. The number of para-hydroxylation sites is 2. The fourth-order valence-corrected chi connectivity index (χ4v) is 6.61. The van der Waals surface area contributed by atoms with E-state index in [0.717, 1.165) is 32.9 Å². The molecule has 2 aromatic heterocycles. The monoisotopic (exact) mass is 610 g/mol. The molecule has 2 atom stereocenters. The van der Waals surface area contributed by atoms with Crippen molar-refractivity contribution in [2.24, 2.45) is 0 Å². The van der Waals surface area contributed by atoms with Gasteiger partial charge in [0.15, 0.2) is 0 Å². The summed E-state index contributed by atoms with van der Waals surface area (Å²) in [6.45, 7) is 0. The zero-order valence-electron chi connectivity index (χ0n) is 23.4. The van der Waals surface area contributed by atoms with Crippen LogP contribution in [0.15, 0.2) is 60.9 Å². The minimum Gasteiger partial charge on any atom is -0.467 e. The molecule has 10 nitrogen and oxygen atoms in total. The molecular weight excluding hydrogens is 576 g/mol. The van der Waals surface area contributed by atoms with E-state index in [-0.39, 0.29) is 24.7 Å². The van der Waals surface area contributed by atoms with Crippen molar-refractivity contribution in [1.82, 2.24) is 20.6 Å². The Hall–Kier alpha value is -3.90. The number of fused-ring (bicyclic) bond motifs is 2. The smallest absolute Gasteiger partial charge is 0.328 e. The van der Waals surface area contributed by atoms with Crippen LogP contribution in [0.25, 0.3) is 21.8 Å². The van der Waals surface area contributed by atoms with Crippen molar-refractivity contribution in [1.29, 1.82) is 0 Å². The maximum absolute atomic E-state index is 12.6. The number of hydrogen-bond acceptors (Lipinski definition) is 8. The van der Waals surface area contributed by atoms with E-state index < -0.39 is 24.0 Å². The number of ether oxygens (including phenoxy) is 2. The highest BCUT2D eigenvalue weighted by Gasteiger charge is 2.24. The van der Waals surface area contributed by atoms with E-state index in [0.29, 0.717) is 24.3 Å². The molecule has 0 radical (unpaired) electrons. The molecule has 2 amide bonds. The van der Waals surface area contributed by atoms with E-state index in [1.54, 1.807) is 0 Å². The first-order valence-electron chi connectivity index (χ1n) is 13.5. The summed E-state index contributed by atoms with van der Waals surface area (Å²) in [6.07, 6.45) is 4.72. The van der Waals surface area contributed by atoms with Gasteiger partial charge in [0.2, 0.25) is 11.8 Å². The number of aromatic amines is 2. The zero-order chi connectivity index (χ0) is 29.9. The Kier molecular flexibility index (Phi) is 11.4. The Labute approximate surface area is 251 Å². The third-order valence-electron chi connectivity index (χ3n) is 6.75. The van der Waals surface area contributed by atoms with E-state index >= 15 is 0 Å². The third kappa shape index (κ3) is 8.32. The van der Waals surface area contributed by atoms with Crippen molar-refractivity contribution in [2.45, 2.75) is 37.8 Å². The molecule has 42 heavy (non-hydrogen) atoms. The van der Waals surface area contributed by atoms with Crippen molar-refractivity contribution in [3.63, 3.8) is 0 Å². The van der Waals surface area contributed by atoms with Crippen molar-refractivity contribution in [2.75, 3.05) is 25.7 Å². The average molecular weight is 611 g/mol. The molecule has 0 aliphatic heterocycles. The number of benzene rings is 2. The summed E-state index contributed by atoms with van der Waals surface area (Å²) in [7, 11) is 5.53. The number of amides is 2. The van der Waals surface area contributed by atoms with Gasteiger partial charge in [-0.15, -0.1) is 0 Å². The molecule has 2 heterocycles. The topological polar surface area (TPSA) is 142 Å². The molecule has 0 bridgehead atoms. The molecule has 0 saturated heterocycles. The summed E-state index contributed by atoms with van der Waals surface area (Å²) < 4.78 is 9.82. The lowest BCUT2D eigenvalue weighted by atomic mass is 10.0. The maximum atomic E-state index is 12.6. The lowest BCUT2D eigenvalue weighted by Gasteiger charge is -2.16. The molecule has 12 heteroatoms. The summed E-state index contributed by atoms with van der Waals surface area (Å²) >= 11 is 0. The quantitative estimate of drug-likeness (QED) is 0.0902. The number of hydrogen-bond donors (Lipinski definition) is 4. The number of H-pyrrole nitrogens is 2. The lowest BCUT2D eigenvalue weighted by Crippen LogP contribution is -2.43. The highest BCUT2D eigenvalue weighted by Crippen LogP contribution is 2.24. The molecule has 222 valence electrons. The molecule has 0 unspecified atom stereocenters. The predicted molar refractivity (Wildman–Crippen MR) is 166 cm³/mol. The van der Waals surface area contributed by atoms with Crippen LogP contribution in [0.1, 0.15) is 24.0 Å². The Morgan fingerprint density at radius 3 is 1.50 bits per heavy atom. The molecule has 0 aliphatic rings. The molecule has 0 fully saturated rings. The van der Waals surface area contributed by atoms with E-state index in [1.165, 1.54) is 35.8 Å². The number of esters is 2. The molecule has 2 aromatic carbocycles. The number of rotatable bonds is 15. The molecule has 0 spiro atoms. The first-order chi connectivity index (χ1) is 20.4. The largest absolute Gasteiger partial charge is 0.467 e. The van der Waals surface area contributed by atoms with Gasteiger partial charge in [-0.2, -0.15) is 0 Å². The highest BCUT2D eigenvalue weighted by molar-refractivity contribution is 8.76. The Bertz CT molecular complexity index is 1420. The number of methoxy groups -OCH3 is 2. The van der Waals surface area contributed by atoms with Gasteiger partial charge in [-0.1, -0.05) is 58.0 Å². The van der Waals surface area contributed by atoms with Crippen LogP contribution < -0.4 is 10.6 Å². The average Bonchev–Trinajstić information content (AvgIpc) is 3.61. The molecule has 4 N–H and O–H groups in total. The van der Waals surface area contributed by atoms with Crippen LogP contribution in [-0.2, 0) is 41.5 Å². The van der Waals surface area contributed by atoms with E-state index in [9.17, 15) is 19.2 Å². The third-order valence-corrected chi connectivity index (χ3v) is 9.16. The number of aromatic nitrogens is 2. The highest BCUT2D eigenvalue weighted by atomic mass is 33.1. The predicted octanol–water partition coefficient (Wildman–Crippen LogP) is 3.91. The van der Waals surface area contributed by atoms with Crippen LogP contribution in [0.3, 0.4) is 0 Å². The summed E-state index contributed by atoms with van der Waals surface area (Å²) in [4.78, 5) is 56.2. The van der Waals surface area contributed by atoms with Crippen molar-refractivity contribution >= 4 is 67.1 Å². The van der Waals surface area contributed by atoms with Gasteiger partial charge in [0, 0.05) is 71.4 Å². The van der Waals surface area contributed by atoms with Crippen LogP contribution in [0.5, 0.6) is 0 Å². The Morgan fingerprint density at radius 2 is 1.10 bits per heavy atom. The van der Waals surface area contributed by atoms with Gasteiger partial charge in [-0.25, -0.2) is 9.59 Å². The molecule has 0 saturated carbocycles. The van der Waals surface area contributed by atoms with Crippen molar-refractivity contribution < 1.29 is 28.7 Å². The van der Waals surface area contributed by atoms with Crippen molar-refractivity contribution in [3.05, 3.63) is 72.1 Å². The summed E-state index contributed by atoms with van der Waals surface area (Å²) in [5, 5.41) is 7.56. The number of nitrogens with one attached hydrogen (secondary N) is 4. The molecule has 0 aliphatic carbocycles. The minimum absolute atomic E-state index is 0.209. The first-order valence-corrected chi connectivity index (χ1v) is 16.0. The molecule has 4 aromatic rings. The summed E-state index contributed by atoms with van der Waals surface area (Å²) in [5.41, 5.74) is 3.75. The van der Waals surface area contributed by atoms with Gasteiger partial charge in [0.25, 0.3) is 0 Å². The second-order valence-corrected chi connectivity index (χ2v) is 12.3. The first kappa shape index (κ1) is 31.0. The fourth-order valence-electron chi connectivity index (χ4n) is 4.63. The molecule has 4 rings (SSSR count). The van der Waals surface area contributed by atoms with Gasteiger partial charge in [0.1, 0.15) is 12.1 Å². The van der Waals surface area contributed by atoms with Gasteiger partial charge < -0.3 is 30.1 Å². The Balaban J connectivity index is 1.17. The van der Waals surface area contributed by atoms with Crippen molar-refractivity contribution in [3.8, 4) is 0 Å². The number of carbonyl (C=O) groups is 4. The maximum Gasteiger partial charge on any atom is 0.328 e. The zero-order valence-corrected chi connectivity index (χ0v) is 25.1. The van der Waals surface area contributed by atoms with Crippen LogP contribution in [0.4, 0.5) is 0 Å². The standard InChI is InChI=1S/C30H34N4O6S2/c1-39-29(37)25(15-19-17-31-23-9-5-3-7-21(19)23)33-27(35)11-13-41-42-14-12-28(36)34-26(30(38)40-2)16-20-18-32-24-10-6-4-8-22(20)24/h3-10,17-18,25-26,31-32H,11-16H2,1-2H3,(H,33,35)(H,34,36)/t25-,26-/m0/s1. The van der Waals surface area contributed by atoms with Crippen LogP contribution >= 0.6 is 21.6 Å². The van der Waals surface area contributed by atoms with Gasteiger partial charge in [-0.05, 0) is 23.3 Å². The molecular formula is C30H34N4O6S2. The van der Waals surface area contributed by atoms with E-state index in [1.807, 2.05) is 60.9 Å². The Morgan fingerprint density at radius 1 is 0.690 bits per heavy atom. The van der Waals surface area contributed by atoms with Crippen LogP contribution in [0, 0.1) is 0 Å². The minimum atomic E-state index is -0.796. The fraction of sp³-hybridized carbons (Fsp3) is 0.333. The van der Waals surface area contributed by atoms with E-state index in [2.05, 4.69) is 20.6 Å². The van der Waals surface area contributed by atoms with E-state index in [4.69, 9.17) is 9.47 Å². The van der Waals surface area contributed by atoms with Gasteiger partial charge in [-0.3, -0.25) is 9.59 Å². The summed E-state index contributed by atoms with van der Waals surface area (Å²) in [5.74, 6) is -0.508. The van der Waals surface area contributed by atoms with Crippen LogP contribution in [0.2, 0.25) is 0 Å². The number of carbonyl (C=O) groups excluding carboxylic acids is 4. The second-order valence-electron chi connectivity index (χ2n) is 9.56. The SMILES string of the molecule is COC(=O)[C@H](Cc1c[nH]c2ccccc12)NC(=O)CCSSCCC(=O)N[C@@H](Cc1c[nH]c2ccccc12)C(=O)OC. The summed E-state index contributed by atoms with van der Waals surface area (Å²) in [6, 6.07) is 13.9. The lowest BCUT2D eigenvalue weighted by molar-refractivity contribution is -0.145. The van der Waals surface area contributed by atoms with Gasteiger partial charge >= 0.3 is 11.9 Å². The van der Waals surface area contributed by atoms with Crippen LogP contribution in [-0.4, -0.2) is 71.5 Å². The van der Waals surface area contributed by atoms with Gasteiger partial charge in [0.05, 0.1) is 14.2 Å². The second kappa shape index (κ2) is 15.4.